The Morgan fingerprint density at radius 2 is 1.31 bits per heavy atom. The Morgan fingerprint density at radius 1 is 0.745 bits per heavy atom. The molecule has 51 heavy (non-hydrogen) atoms. The predicted molar refractivity (Wildman–Crippen MR) is 208 cm³/mol. The number of ether oxygens (including phenoxy) is 4. The lowest BCUT2D eigenvalue weighted by molar-refractivity contribution is 0.0346. The molecule has 3 aromatic carbocycles. The van der Waals surface area contributed by atoms with Crippen LogP contribution in [0.15, 0.2) is 71.6 Å². The predicted octanol–water partition coefficient (Wildman–Crippen LogP) is 8.13. The molecular formula is C38H53N5O6S2. The number of alkyl carbamates (subject to hydrolysis) is 1. The number of guanidine groups is 1. The van der Waals surface area contributed by atoms with Crippen LogP contribution >= 0.6 is 23.5 Å². The van der Waals surface area contributed by atoms with Gasteiger partial charge in [-0.3, -0.25) is 10.7 Å². The summed E-state index contributed by atoms with van der Waals surface area (Å²) in [5.74, 6) is 3.87. The molecule has 0 aliphatic heterocycles. The summed E-state index contributed by atoms with van der Waals surface area (Å²) in [7, 11) is 3.32. The zero-order valence-electron chi connectivity index (χ0n) is 31.0. The zero-order chi connectivity index (χ0) is 37.4. The van der Waals surface area contributed by atoms with E-state index in [2.05, 4.69) is 28.1 Å². The summed E-state index contributed by atoms with van der Waals surface area (Å²) in [6, 6.07) is 22.0. The van der Waals surface area contributed by atoms with E-state index in [-0.39, 0.29) is 6.54 Å². The van der Waals surface area contributed by atoms with Gasteiger partial charge in [0.05, 0.1) is 20.8 Å². The highest BCUT2D eigenvalue weighted by Gasteiger charge is 2.28. The van der Waals surface area contributed by atoms with Crippen molar-refractivity contribution in [3.63, 3.8) is 0 Å². The number of rotatable bonds is 16. The van der Waals surface area contributed by atoms with Crippen molar-refractivity contribution in [2.45, 2.75) is 75.7 Å². The molecule has 0 fully saturated rings. The number of carbonyl (C=O) groups excluding carboxylic acids is 2. The van der Waals surface area contributed by atoms with Crippen LogP contribution < -0.4 is 25.4 Å². The number of hydrogen-bond acceptors (Lipinski definition) is 11. The molecule has 0 bridgehead atoms. The number of thioether (sulfide) groups is 2. The molecule has 2 amide bonds. The number of carbonyl (C=O) groups is 2. The van der Waals surface area contributed by atoms with Crippen molar-refractivity contribution in [2.24, 2.45) is 0 Å². The molecule has 11 nitrogen and oxygen atoms in total. The van der Waals surface area contributed by atoms with Crippen LogP contribution in [0.4, 0.5) is 15.3 Å². The summed E-state index contributed by atoms with van der Waals surface area (Å²) >= 11 is 3.55. The maximum absolute atomic E-state index is 13.3. The van der Waals surface area contributed by atoms with Gasteiger partial charge >= 0.3 is 12.2 Å². The molecule has 0 aliphatic carbocycles. The first kappa shape index (κ1) is 41.4. The van der Waals surface area contributed by atoms with Gasteiger partial charge in [0.25, 0.3) is 0 Å². The molecule has 0 radical (unpaired) electrons. The summed E-state index contributed by atoms with van der Waals surface area (Å²) in [5, 5.41) is 18.0. The summed E-state index contributed by atoms with van der Waals surface area (Å²) in [4.78, 5) is 27.8. The molecule has 13 heteroatoms. The number of nitrogens with one attached hydrogen (secondary N) is 4. The fourth-order valence-electron chi connectivity index (χ4n) is 4.48. The Morgan fingerprint density at radius 3 is 1.88 bits per heavy atom. The van der Waals surface area contributed by atoms with E-state index in [9.17, 15) is 9.59 Å². The van der Waals surface area contributed by atoms with Crippen LogP contribution in [-0.2, 0) is 27.5 Å². The third-order valence-electron chi connectivity index (χ3n) is 6.91. The monoisotopic (exact) mass is 739 g/mol. The lowest BCUT2D eigenvalue weighted by atomic mass is 10.2. The quantitative estimate of drug-likeness (QED) is 0.0494. The van der Waals surface area contributed by atoms with E-state index in [0.29, 0.717) is 12.3 Å². The van der Waals surface area contributed by atoms with Crippen molar-refractivity contribution in [3.05, 3.63) is 83.4 Å². The molecule has 0 aliphatic rings. The minimum absolute atomic E-state index is 0.00430. The molecule has 0 atom stereocenters. The van der Waals surface area contributed by atoms with E-state index in [1.165, 1.54) is 5.56 Å². The van der Waals surface area contributed by atoms with Crippen LogP contribution in [0, 0.1) is 5.41 Å². The van der Waals surface area contributed by atoms with Gasteiger partial charge in [-0.25, -0.2) is 14.5 Å². The van der Waals surface area contributed by atoms with Crippen molar-refractivity contribution in [3.8, 4) is 11.5 Å². The van der Waals surface area contributed by atoms with Crippen molar-refractivity contribution in [2.75, 3.05) is 44.9 Å². The summed E-state index contributed by atoms with van der Waals surface area (Å²) in [5.41, 5.74) is 2.54. The Labute approximate surface area is 311 Å². The second kappa shape index (κ2) is 20.1. The Hall–Kier alpha value is -4.07. The zero-order valence-corrected chi connectivity index (χ0v) is 32.6. The third-order valence-corrected chi connectivity index (χ3v) is 9.07. The van der Waals surface area contributed by atoms with E-state index in [1.807, 2.05) is 66.4 Å². The molecule has 0 saturated heterocycles. The van der Waals surface area contributed by atoms with Gasteiger partial charge in [0.1, 0.15) is 22.7 Å². The molecule has 0 heterocycles. The van der Waals surface area contributed by atoms with Gasteiger partial charge in [-0.1, -0.05) is 30.3 Å². The number of benzene rings is 3. The van der Waals surface area contributed by atoms with E-state index in [4.69, 9.17) is 24.4 Å². The van der Waals surface area contributed by atoms with Crippen molar-refractivity contribution < 1.29 is 28.5 Å². The molecule has 278 valence electrons. The molecule has 3 rings (SSSR count). The highest BCUT2D eigenvalue weighted by Crippen LogP contribution is 2.32. The summed E-state index contributed by atoms with van der Waals surface area (Å²) in [6.45, 7) is 12.8. The van der Waals surface area contributed by atoms with Gasteiger partial charge in [0, 0.05) is 47.5 Å². The second-order valence-corrected chi connectivity index (χ2v) is 15.7. The molecule has 0 saturated carbocycles. The first-order valence-electron chi connectivity index (χ1n) is 16.8. The highest BCUT2D eigenvalue weighted by molar-refractivity contribution is 7.98. The molecule has 0 aromatic heterocycles. The van der Waals surface area contributed by atoms with Crippen LogP contribution in [0.2, 0.25) is 0 Å². The lowest BCUT2D eigenvalue weighted by Crippen LogP contribution is -2.49. The minimum Gasteiger partial charge on any atom is -0.497 e. The number of anilines is 1. The fraction of sp³-hybridized carbons (Fsp3) is 0.447. The van der Waals surface area contributed by atoms with Crippen LogP contribution in [0.25, 0.3) is 0 Å². The topological polar surface area (TPSA) is 134 Å². The number of nitrogens with zero attached hydrogens (tertiary/aromatic N) is 1. The first-order valence-corrected chi connectivity index (χ1v) is 18.9. The SMILES string of the molecule is COc1ccc(CSCCNCCNc2ccc(CN(C(=N)NC(=O)OC(C)(C)C)C(=O)OC(C)(C)C)cc2SCc2ccc(OC)cc2)cc1. The molecule has 0 spiro atoms. The fourth-order valence-corrected chi connectivity index (χ4v) is 6.39. The third kappa shape index (κ3) is 15.8. The average Bonchev–Trinajstić information content (AvgIpc) is 3.06. The van der Waals surface area contributed by atoms with Gasteiger partial charge in [0.15, 0.2) is 0 Å². The number of methoxy groups -OCH3 is 2. The normalized spacial score (nSPS) is 11.4. The van der Waals surface area contributed by atoms with Crippen molar-refractivity contribution in [1.29, 1.82) is 5.41 Å². The van der Waals surface area contributed by atoms with E-state index < -0.39 is 29.3 Å². The maximum atomic E-state index is 13.3. The van der Waals surface area contributed by atoms with Crippen LogP contribution in [0.5, 0.6) is 11.5 Å². The van der Waals surface area contributed by atoms with Crippen molar-refractivity contribution >= 4 is 47.4 Å². The van der Waals surface area contributed by atoms with Gasteiger partial charge in [-0.2, -0.15) is 11.8 Å². The number of hydrogen-bond donors (Lipinski definition) is 4. The smallest absolute Gasteiger partial charge is 0.417 e. The Balaban J connectivity index is 1.68. The Bertz CT molecular complexity index is 1560. The first-order chi connectivity index (χ1) is 24.2. The van der Waals surface area contributed by atoms with Gasteiger partial charge in [0.2, 0.25) is 5.96 Å². The molecule has 3 aromatic rings. The summed E-state index contributed by atoms with van der Waals surface area (Å²) < 4.78 is 21.5. The average molecular weight is 740 g/mol. The number of amides is 2. The van der Waals surface area contributed by atoms with Crippen LogP contribution in [-0.4, -0.2) is 73.9 Å². The van der Waals surface area contributed by atoms with Gasteiger partial charge < -0.3 is 29.6 Å². The van der Waals surface area contributed by atoms with E-state index in [1.54, 1.807) is 67.5 Å². The molecule has 4 N–H and O–H groups in total. The van der Waals surface area contributed by atoms with Crippen LogP contribution in [0.1, 0.15) is 58.2 Å². The van der Waals surface area contributed by atoms with Gasteiger partial charge in [-0.05, 0) is 94.6 Å². The standard InChI is InChI=1S/C38H53N5O6S2/c1-37(2,3)48-35(44)42-34(39)43(36(45)49-38(4,5)6)24-29-13-18-32(33(23-29)51-26-28-11-16-31(47-8)17-12-28)41-20-19-40-21-22-50-25-27-9-14-30(46-7)15-10-27/h9-18,23,40-41H,19-22,24-26H2,1-8H3,(H2,39,42,44). The molecule has 0 unspecified atom stereocenters. The van der Waals surface area contributed by atoms with E-state index >= 15 is 0 Å². The maximum Gasteiger partial charge on any atom is 0.417 e. The largest absolute Gasteiger partial charge is 0.497 e. The van der Waals surface area contributed by atoms with Gasteiger partial charge in [-0.15, -0.1) is 11.8 Å². The minimum atomic E-state index is -0.833. The van der Waals surface area contributed by atoms with Crippen LogP contribution in [0.3, 0.4) is 0 Å². The highest BCUT2D eigenvalue weighted by atomic mass is 32.2. The van der Waals surface area contributed by atoms with E-state index in [0.717, 1.165) is 62.7 Å². The lowest BCUT2D eigenvalue weighted by Gasteiger charge is -2.28. The summed E-state index contributed by atoms with van der Waals surface area (Å²) in [6.07, 6.45) is -1.59. The van der Waals surface area contributed by atoms with Crippen molar-refractivity contribution in [1.82, 2.24) is 15.5 Å². The second-order valence-electron chi connectivity index (χ2n) is 13.6. The Kier molecular flexibility index (Phi) is 16.3. The molecular weight excluding hydrogens is 687 g/mol.